The molecule has 26 heavy (non-hydrogen) atoms. The number of aromatic nitrogens is 2. The monoisotopic (exact) mass is 371 g/mol. The van der Waals surface area contributed by atoms with Crippen LogP contribution in [-0.2, 0) is 30.6 Å². The molecule has 0 amide bonds. The first-order valence-electron chi connectivity index (χ1n) is 8.80. The summed E-state index contributed by atoms with van der Waals surface area (Å²) in [6.07, 6.45) is 5.71. The Morgan fingerprint density at radius 2 is 2.19 bits per heavy atom. The average Bonchev–Trinajstić information content (AvgIpc) is 3.22. The lowest BCUT2D eigenvalue weighted by molar-refractivity contribution is -0.0172. The zero-order chi connectivity index (χ0) is 17.5. The molecule has 7 heteroatoms. The third kappa shape index (κ3) is 2.71. The number of nitrogens with one attached hydrogen (secondary N) is 1. The van der Waals surface area contributed by atoms with Crippen LogP contribution in [0, 0.1) is 5.82 Å². The van der Waals surface area contributed by atoms with Crippen molar-refractivity contribution < 1.29 is 13.9 Å². The number of rotatable bonds is 4. The fourth-order valence-corrected chi connectivity index (χ4v) is 5.05. The van der Waals surface area contributed by atoms with Gasteiger partial charge in [0.25, 0.3) is 0 Å². The third-order valence-corrected chi connectivity index (χ3v) is 6.14. The number of thiophene rings is 1. The molecular formula is C19H18FN3O2S. The van der Waals surface area contributed by atoms with Crippen molar-refractivity contribution in [2.24, 2.45) is 0 Å². The summed E-state index contributed by atoms with van der Waals surface area (Å²) in [5, 5.41) is 4.59. The van der Waals surface area contributed by atoms with E-state index in [-0.39, 0.29) is 12.6 Å². The first kappa shape index (κ1) is 16.0. The maximum atomic E-state index is 13.9. The summed E-state index contributed by atoms with van der Waals surface area (Å²) < 4.78 is 24.7. The molecule has 0 saturated heterocycles. The first-order chi connectivity index (χ1) is 12.8. The Morgan fingerprint density at radius 3 is 3.15 bits per heavy atom. The molecule has 1 aromatic carbocycles. The van der Waals surface area contributed by atoms with Crippen molar-refractivity contribution in [1.29, 1.82) is 0 Å². The van der Waals surface area contributed by atoms with E-state index in [1.54, 1.807) is 23.7 Å². The molecule has 1 aliphatic carbocycles. The van der Waals surface area contributed by atoms with Gasteiger partial charge in [-0.2, -0.15) is 0 Å². The predicted octanol–water partition coefficient (Wildman–Crippen LogP) is 3.84. The SMILES string of the molecule is Fc1cc(CCNc2ncnc3sc4c(c23)CCC4)c2c(c1)COCO2. The smallest absolute Gasteiger partial charge is 0.189 e. The zero-order valence-corrected chi connectivity index (χ0v) is 15.0. The van der Waals surface area contributed by atoms with Crippen molar-refractivity contribution in [3.05, 3.63) is 45.8 Å². The van der Waals surface area contributed by atoms with Crippen LogP contribution in [0.5, 0.6) is 5.75 Å². The highest BCUT2D eigenvalue weighted by Gasteiger charge is 2.21. The van der Waals surface area contributed by atoms with Crippen LogP contribution in [0.25, 0.3) is 10.2 Å². The molecule has 3 aromatic rings. The quantitative estimate of drug-likeness (QED) is 0.755. The third-order valence-electron chi connectivity index (χ3n) is 4.94. The molecule has 0 radical (unpaired) electrons. The van der Waals surface area contributed by atoms with Crippen LogP contribution >= 0.6 is 11.3 Å². The fourth-order valence-electron chi connectivity index (χ4n) is 3.82. The average molecular weight is 371 g/mol. The molecule has 0 saturated carbocycles. The number of halogens is 1. The lowest BCUT2D eigenvalue weighted by Crippen LogP contribution is -2.15. The van der Waals surface area contributed by atoms with Crippen LogP contribution in [0.1, 0.15) is 28.0 Å². The second kappa shape index (κ2) is 6.48. The molecule has 0 atom stereocenters. The van der Waals surface area contributed by atoms with Gasteiger partial charge in [-0.05, 0) is 48.9 Å². The summed E-state index contributed by atoms with van der Waals surface area (Å²) in [5.74, 6) is 1.38. The number of hydrogen-bond acceptors (Lipinski definition) is 6. The molecule has 5 nitrogen and oxygen atoms in total. The van der Waals surface area contributed by atoms with Gasteiger partial charge in [-0.15, -0.1) is 11.3 Å². The van der Waals surface area contributed by atoms with Crippen LogP contribution in [0.3, 0.4) is 0 Å². The van der Waals surface area contributed by atoms with Crippen LogP contribution < -0.4 is 10.1 Å². The van der Waals surface area contributed by atoms with E-state index >= 15 is 0 Å². The normalized spacial score (nSPS) is 15.6. The van der Waals surface area contributed by atoms with E-state index in [1.165, 1.54) is 22.9 Å². The molecule has 0 fully saturated rings. The Kier molecular flexibility index (Phi) is 3.98. The van der Waals surface area contributed by atoms with E-state index < -0.39 is 0 Å². The minimum Gasteiger partial charge on any atom is -0.467 e. The van der Waals surface area contributed by atoms with Crippen LogP contribution in [0.2, 0.25) is 0 Å². The second-order valence-corrected chi connectivity index (χ2v) is 7.68. The van der Waals surface area contributed by atoms with Crippen LogP contribution in [0.15, 0.2) is 18.5 Å². The standard InChI is InChI=1S/C19H18FN3O2S/c20-13-6-11(17-12(7-13)8-24-10-25-17)4-5-21-18-16-14-2-1-3-15(14)26-19(16)23-9-22-18/h6-7,9H,1-5,8,10H2,(H,21,22,23). The van der Waals surface area contributed by atoms with E-state index in [1.807, 2.05) is 0 Å². The molecule has 0 spiro atoms. The number of hydrogen-bond donors (Lipinski definition) is 1. The molecule has 2 aliphatic rings. The summed E-state index contributed by atoms with van der Waals surface area (Å²) >= 11 is 1.78. The minimum absolute atomic E-state index is 0.215. The minimum atomic E-state index is -0.257. The summed E-state index contributed by atoms with van der Waals surface area (Å²) in [4.78, 5) is 11.4. The Labute approximate surface area is 154 Å². The summed E-state index contributed by atoms with van der Waals surface area (Å²) in [6.45, 7) is 1.25. The van der Waals surface area contributed by atoms with Gasteiger partial charge in [0.2, 0.25) is 0 Å². The number of benzene rings is 1. The van der Waals surface area contributed by atoms with Crippen molar-refractivity contribution in [3.8, 4) is 5.75 Å². The molecule has 1 aliphatic heterocycles. The molecule has 134 valence electrons. The van der Waals surface area contributed by atoms with E-state index in [0.717, 1.165) is 45.8 Å². The lowest BCUT2D eigenvalue weighted by Gasteiger charge is -2.21. The van der Waals surface area contributed by atoms with Gasteiger partial charge in [0.05, 0.1) is 12.0 Å². The Hall–Kier alpha value is -2.25. The highest BCUT2D eigenvalue weighted by Crippen LogP contribution is 2.39. The molecule has 5 rings (SSSR count). The van der Waals surface area contributed by atoms with Gasteiger partial charge in [-0.3, -0.25) is 0 Å². The molecule has 2 aromatic heterocycles. The van der Waals surface area contributed by atoms with Gasteiger partial charge < -0.3 is 14.8 Å². The van der Waals surface area contributed by atoms with Crippen molar-refractivity contribution >= 4 is 27.4 Å². The van der Waals surface area contributed by atoms with E-state index in [4.69, 9.17) is 9.47 Å². The van der Waals surface area contributed by atoms with E-state index in [0.29, 0.717) is 19.6 Å². The molecule has 0 unspecified atom stereocenters. The van der Waals surface area contributed by atoms with Crippen molar-refractivity contribution in [3.63, 3.8) is 0 Å². The van der Waals surface area contributed by atoms with Gasteiger partial charge in [0, 0.05) is 17.0 Å². The molecule has 1 N–H and O–H groups in total. The molecule has 3 heterocycles. The number of ether oxygens (including phenoxy) is 2. The first-order valence-corrected chi connectivity index (χ1v) is 9.62. The van der Waals surface area contributed by atoms with Crippen LogP contribution in [-0.4, -0.2) is 23.3 Å². The largest absolute Gasteiger partial charge is 0.467 e. The van der Waals surface area contributed by atoms with Crippen molar-refractivity contribution in [2.75, 3.05) is 18.7 Å². The maximum Gasteiger partial charge on any atom is 0.189 e. The van der Waals surface area contributed by atoms with E-state index in [2.05, 4.69) is 15.3 Å². The van der Waals surface area contributed by atoms with Gasteiger partial charge in [0.15, 0.2) is 6.79 Å². The van der Waals surface area contributed by atoms with Gasteiger partial charge >= 0.3 is 0 Å². The van der Waals surface area contributed by atoms with Crippen molar-refractivity contribution in [2.45, 2.75) is 32.3 Å². The Morgan fingerprint density at radius 1 is 1.23 bits per heavy atom. The maximum absolute atomic E-state index is 13.9. The highest BCUT2D eigenvalue weighted by atomic mass is 32.1. The number of fused-ring (bicyclic) bond motifs is 4. The van der Waals surface area contributed by atoms with Crippen molar-refractivity contribution in [1.82, 2.24) is 9.97 Å². The fraction of sp³-hybridized carbons (Fsp3) is 0.368. The predicted molar refractivity (Wildman–Crippen MR) is 98.3 cm³/mol. The number of aryl methyl sites for hydroxylation is 2. The Bertz CT molecular complexity index is 989. The zero-order valence-electron chi connectivity index (χ0n) is 14.2. The van der Waals surface area contributed by atoms with E-state index in [9.17, 15) is 4.39 Å². The van der Waals surface area contributed by atoms with Gasteiger partial charge in [-0.25, -0.2) is 14.4 Å². The summed E-state index contributed by atoms with van der Waals surface area (Å²) in [5.41, 5.74) is 3.03. The highest BCUT2D eigenvalue weighted by molar-refractivity contribution is 7.19. The lowest BCUT2D eigenvalue weighted by atomic mass is 10.1. The molecular weight excluding hydrogens is 353 g/mol. The Balaban J connectivity index is 1.38. The topological polar surface area (TPSA) is 56.3 Å². The molecule has 0 bridgehead atoms. The summed E-state index contributed by atoms with van der Waals surface area (Å²) in [6, 6.07) is 3.03. The summed E-state index contributed by atoms with van der Waals surface area (Å²) in [7, 11) is 0. The van der Waals surface area contributed by atoms with Gasteiger partial charge in [-0.1, -0.05) is 0 Å². The number of anilines is 1. The number of nitrogens with zero attached hydrogens (tertiary/aromatic N) is 2. The van der Waals surface area contributed by atoms with Gasteiger partial charge in [0.1, 0.15) is 28.5 Å². The van der Waals surface area contributed by atoms with Crippen LogP contribution in [0.4, 0.5) is 10.2 Å². The second-order valence-electron chi connectivity index (χ2n) is 6.60.